The van der Waals surface area contributed by atoms with Gasteiger partial charge in [-0.3, -0.25) is 14.7 Å². The molecule has 2 heterocycles. The van der Waals surface area contributed by atoms with Gasteiger partial charge in [-0.2, -0.15) is 0 Å². The minimum absolute atomic E-state index is 0.0890. The molecule has 0 atom stereocenters. The minimum atomic E-state index is -1.15. The van der Waals surface area contributed by atoms with Gasteiger partial charge in [-0.05, 0) is 54.3 Å². The molecule has 0 radical (unpaired) electrons. The maximum absolute atomic E-state index is 13.4. The number of benzene rings is 3. The molecule has 6 rings (SSSR count). The van der Waals surface area contributed by atoms with E-state index in [1.807, 2.05) is 50.2 Å². The fourth-order valence-electron chi connectivity index (χ4n) is 5.63. The second kappa shape index (κ2) is 11.8. The standard InChI is InChI=1S/C33H30N4O5S/c1-19-15-34-29(20(2)31(19)41-3)18-43-32-35-27-13-12-21(14-28(27)36-32)37(16-30(38)39)33(40)42-17-26-24-10-6-4-8-22(24)23-9-5-7-11-25(23)26/h4-15,26H,16-18H2,1-3H3,(H,35,36)(H,38,39). The molecule has 218 valence electrons. The number of thioether (sulfide) groups is 1. The van der Waals surface area contributed by atoms with Crippen LogP contribution in [0.1, 0.15) is 33.9 Å². The quantitative estimate of drug-likeness (QED) is 0.181. The van der Waals surface area contributed by atoms with Crippen LogP contribution in [0.5, 0.6) is 5.75 Å². The number of aromatic nitrogens is 3. The van der Waals surface area contributed by atoms with E-state index in [-0.39, 0.29) is 12.5 Å². The number of carboxylic acids is 1. The molecule has 0 saturated carbocycles. The molecule has 3 aromatic carbocycles. The summed E-state index contributed by atoms with van der Waals surface area (Å²) in [5.41, 5.74) is 9.02. The summed E-state index contributed by atoms with van der Waals surface area (Å²) in [6.45, 7) is 3.49. The summed E-state index contributed by atoms with van der Waals surface area (Å²) >= 11 is 1.50. The number of carbonyl (C=O) groups is 2. The highest BCUT2D eigenvalue weighted by Gasteiger charge is 2.30. The first kappa shape index (κ1) is 28.3. The number of methoxy groups -OCH3 is 1. The van der Waals surface area contributed by atoms with Crippen LogP contribution in [0.3, 0.4) is 0 Å². The molecule has 0 saturated heterocycles. The van der Waals surface area contributed by atoms with Crippen molar-refractivity contribution in [3.63, 3.8) is 0 Å². The Balaban J connectivity index is 1.20. The smallest absolute Gasteiger partial charge is 0.414 e. The van der Waals surface area contributed by atoms with E-state index in [1.54, 1.807) is 31.5 Å². The maximum atomic E-state index is 13.4. The van der Waals surface area contributed by atoms with Gasteiger partial charge in [-0.1, -0.05) is 60.3 Å². The van der Waals surface area contributed by atoms with Crippen molar-refractivity contribution in [1.29, 1.82) is 0 Å². The third-order valence-electron chi connectivity index (χ3n) is 7.70. The van der Waals surface area contributed by atoms with E-state index < -0.39 is 18.6 Å². The number of pyridine rings is 1. The second-order valence-corrected chi connectivity index (χ2v) is 11.3. The van der Waals surface area contributed by atoms with Crippen molar-refractivity contribution in [3.8, 4) is 16.9 Å². The number of rotatable bonds is 9. The Labute approximate surface area is 252 Å². The molecule has 1 amide bonds. The van der Waals surface area contributed by atoms with Crippen molar-refractivity contribution in [2.75, 3.05) is 25.2 Å². The number of aromatic amines is 1. The van der Waals surface area contributed by atoms with E-state index in [2.05, 4.69) is 27.1 Å². The topological polar surface area (TPSA) is 118 Å². The van der Waals surface area contributed by atoms with Crippen LogP contribution in [0, 0.1) is 13.8 Å². The summed E-state index contributed by atoms with van der Waals surface area (Å²) in [5.74, 6) is 0.123. The number of carboxylic acid groups (broad SMARTS) is 1. The first-order valence-electron chi connectivity index (χ1n) is 13.8. The van der Waals surface area contributed by atoms with Crippen LogP contribution in [-0.4, -0.2) is 52.4 Å². The van der Waals surface area contributed by atoms with Crippen molar-refractivity contribution in [2.24, 2.45) is 0 Å². The van der Waals surface area contributed by atoms with Gasteiger partial charge < -0.3 is 19.6 Å². The average molecular weight is 595 g/mol. The summed E-state index contributed by atoms with van der Waals surface area (Å²) < 4.78 is 11.3. The number of amides is 1. The Kier molecular flexibility index (Phi) is 7.77. The molecule has 2 N–H and O–H groups in total. The van der Waals surface area contributed by atoms with Gasteiger partial charge in [0.25, 0.3) is 0 Å². The van der Waals surface area contributed by atoms with Crippen molar-refractivity contribution < 1.29 is 24.2 Å². The van der Waals surface area contributed by atoms with Crippen LogP contribution in [0.2, 0.25) is 0 Å². The van der Waals surface area contributed by atoms with E-state index >= 15 is 0 Å². The molecule has 0 spiro atoms. The monoisotopic (exact) mass is 594 g/mol. The largest absolute Gasteiger partial charge is 0.496 e. The Morgan fingerprint density at radius 1 is 1.02 bits per heavy atom. The molecule has 0 fully saturated rings. The molecule has 10 heteroatoms. The predicted molar refractivity (Wildman–Crippen MR) is 166 cm³/mol. The molecule has 0 aliphatic heterocycles. The number of hydrogen-bond donors (Lipinski definition) is 2. The number of carbonyl (C=O) groups excluding carboxylic acids is 1. The minimum Gasteiger partial charge on any atom is -0.496 e. The number of H-pyrrole nitrogens is 1. The Hall–Kier alpha value is -4.83. The number of fused-ring (bicyclic) bond motifs is 4. The Morgan fingerprint density at radius 2 is 1.72 bits per heavy atom. The van der Waals surface area contributed by atoms with Crippen LogP contribution >= 0.6 is 11.8 Å². The number of aryl methyl sites for hydroxylation is 1. The molecule has 0 unspecified atom stereocenters. The number of nitrogens with one attached hydrogen (secondary N) is 1. The van der Waals surface area contributed by atoms with Crippen molar-refractivity contribution in [2.45, 2.75) is 30.7 Å². The zero-order chi connectivity index (χ0) is 30.1. The van der Waals surface area contributed by atoms with Gasteiger partial charge in [0.15, 0.2) is 5.16 Å². The second-order valence-electron chi connectivity index (χ2n) is 10.4. The zero-order valence-corrected chi connectivity index (χ0v) is 24.8. The van der Waals surface area contributed by atoms with Gasteiger partial charge in [-0.15, -0.1) is 0 Å². The van der Waals surface area contributed by atoms with E-state index in [4.69, 9.17) is 9.47 Å². The molecule has 2 aromatic heterocycles. The maximum Gasteiger partial charge on any atom is 0.414 e. The van der Waals surface area contributed by atoms with Gasteiger partial charge in [0, 0.05) is 29.0 Å². The van der Waals surface area contributed by atoms with Crippen molar-refractivity contribution in [3.05, 3.63) is 101 Å². The van der Waals surface area contributed by atoms with E-state index in [9.17, 15) is 14.7 Å². The number of aliphatic carboxylic acids is 1. The van der Waals surface area contributed by atoms with E-state index in [0.717, 1.165) is 55.2 Å². The molecular weight excluding hydrogens is 564 g/mol. The predicted octanol–water partition coefficient (Wildman–Crippen LogP) is 6.72. The van der Waals surface area contributed by atoms with Crippen LogP contribution in [0.15, 0.2) is 78.1 Å². The highest BCUT2D eigenvalue weighted by Crippen LogP contribution is 2.44. The zero-order valence-electron chi connectivity index (χ0n) is 24.0. The van der Waals surface area contributed by atoms with E-state index in [1.165, 1.54) is 11.8 Å². The lowest BCUT2D eigenvalue weighted by Crippen LogP contribution is -2.36. The number of ether oxygens (including phenoxy) is 2. The van der Waals surface area contributed by atoms with Gasteiger partial charge in [-0.25, -0.2) is 9.78 Å². The summed E-state index contributed by atoms with van der Waals surface area (Å²) in [7, 11) is 1.65. The SMILES string of the molecule is COc1c(C)cnc(CSc2nc3cc(N(CC(=O)O)C(=O)OCC4c5ccccc5-c5ccccc54)ccc3[nH]2)c1C. The van der Waals surface area contributed by atoms with E-state index in [0.29, 0.717) is 22.1 Å². The number of imidazole rings is 1. The lowest BCUT2D eigenvalue weighted by molar-refractivity contribution is -0.135. The summed E-state index contributed by atoms with van der Waals surface area (Å²) in [6.07, 6.45) is 1.07. The lowest BCUT2D eigenvalue weighted by atomic mass is 9.98. The molecular formula is C33H30N4O5S. The Bertz CT molecular complexity index is 1810. The molecule has 1 aliphatic carbocycles. The highest BCUT2D eigenvalue weighted by atomic mass is 32.2. The number of hydrogen-bond acceptors (Lipinski definition) is 7. The average Bonchev–Trinajstić information content (AvgIpc) is 3.56. The van der Waals surface area contributed by atoms with Crippen molar-refractivity contribution in [1.82, 2.24) is 15.0 Å². The summed E-state index contributed by atoms with van der Waals surface area (Å²) in [6, 6.07) is 21.3. The fraction of sp³-hybridized carbons (Fsp3) is 0.212. The third-order valence-corrected chi connectivity index (χ3v) is 8.59. The fourth-order valence-corrected chi connectivity index (χ4v) is 6.54. The van der Waals surface area contributed by atoms with Crippen LogP contribution < -0.4 is 9.64 Å². The molecule has 9 nitrogen and oxygen atoms in total. The van der Waals surface area contributed by atoms with Gasteiger partial charge >= 0.3 is 12.1 Å². The first-order valence-corrected chi connectivity index (χ1v) is 14.8. The van der Waals surface area contributed by atoms with Gasteiger partial charge in [0.1, 0.15) is 18.9 Å². The van der Waals surface area contributed by atoms with Crippen LogP contribution in [0.25, 0.3) is 22.2 Å². The number of nitrogens with zero attached hydrogens (tertiary/aromatic N) is 3. The first-order chi connectivity index (χ1) is 20.8. The third kappa shape index (κ3) is 5.53. The molecule has 0 bridgehead atoms. The Morgan fingerprint density at radius 3 is 2.40 bits per heavy atom. The molecule has 5 aromatic rings. The molecule has 1 aliphatic rings. The van der Waals surface area contributed by atoms with Crippen molar-refractivity contribution >= 4 is 40.5 Å². The number of anilines is 1. The summed E-state index contributed by atoms with van der Waals surface area (Å²) in [4.78, 5) is 38.8. The molecule has 43 heavy (non-hydrogen) atoms. The van der Waals surface area contributed by atoms with Gasteiger partial charge in [0.2, 0.25) is 0 Å². The lowest BCUT2D eigenvalue weighted by Gasteiger charge is -2.22. The normalized spacial score (nSPS) is 12.2. The van der Waals surface area contributed by atoms with Gasteiger partial charge in [0.05, 0.1) is 29.5 Å². The van der Waals surface area contributed by atoms with Crippen LogP contribution in [0.4, 0.5) is 10.5 Å². The van der Waals surface area contributed by atoms with Crippen LogP contribution in [-0.2, 0) is 15.3 Å². The highest BCUT2D eigenvalue weighted by molar-refractivity contribution is 7.98. The summed E-state index contributed by atoms with van der Waals surface area (Å²) in [5, 5.41) is 10.3.